The van der Waals surface area contributed by atoms with Crippen molar-refractivity contribution in [2.45, 2.75) is 19.4 Å². The lowest BCUT2D eigenvalue weighted by molar-refractivity contribution is -0.114. The van der Waals surface area contributed by atoms with Crippen LogP contribution in [0.1, 0.15) is 18.6 Å². The summed E-state index contributed by atoms with van der Waals surface area (Å²) in [4.78, 5) is 11.8. The molecule has 0 radical (unpaired) electrons. The maximum atomic E-state index is 13.4. The summed E-state index contributed by atoms with van der Waals surface area (Å²) in [6.45, 7) is 1.57. The quantitative estimate of drug-likeness (QED) is 0.283. The summed E-state index contributed by atoms with van der Waals surface area (Å²) in [7, 11) is -2.10. The lowest BCUT2D eigenvalue weighted by Gasteiger charge is -2.21. The number of hydrogen-bond donors (Lipinski definition) is 2. The third kappa shape index (κ3) is 5.85. The van der Waals surface area contributed by atoms with E-state index >= 15 is 0 Å². The highest BCUT2D eigenvalue weighted by molar-refractivity contribution is 7.86. The van der Waals surface area contributed by atoms with Gasteiger partial charge in [-0.15, -0.1) is 0 Å². The zero-order chi connectivity index (χ0) is 22.8. The summed E-state index contributed by atoms with van der Waals surface area (Å²) >= 11 is 5.96. The molecule has 166 valence electrons. The Hall–Kier alpha value is -2.87. The number of halogens is 2. The predicted molar refractivity (Wildman–Crippen MR) is 108 cm³/mol. The van der Waals surface area contributed by atoms with Crippen molar-refractivity contribution in [2.24, 2.45) is 7.05 Å². The van der Waals surface area contributed by atoms with Gasteiger partial charge in [0.05, 0.1) is 42.7 Å². The number of ether oxygens (including phenoxy) is 1. The van der Waals surface area contributed by atoms with Crippen LogP contribution in [-0.4, -0.2) is 50.9 Å². The molecule has 31 heavy (non-hydrogen) atoms. The van der Waals surface area contributed by atoms with Gasteiger partial charge in [-0.3, -0.25) is 4.68 Å². The van der Waals surface area contributed by atoms with Crippen molar-refractivity contribution in [1.29, 1.82) is 0 Å². The van der Waals surface area contributed by atoms with E-state index in [1.54, 1.807) is 14.0 Å². The molecule has 0 aliphatic carbocycles. The Morgan fingerprint density at radius 2 is 1.90 bits per heavy atom. The van der Waals surface area contributed by atoms with Gasteiger partial charge < -0.3 is 19.3 Å². The Bertz CT molecular complexity index is 1170. The topological polar surface area (TPSA) is 141 Å². The van der Waals surface area contributed by atoms with Crippen LogP contribution in [0.3, 0.4) is 0 Å². The number of aromatic nitrogens is 5. The third-order valence-corrected chi connectivity index (χ3v) is 4.73. The largest absolute Gasteiger partial charge is 0.379 e. The van der Waals surface area contributed by atoms with Gasteiger partial charge in [-0.1, -0.05) is 11.6 Å². The van der Waals surface area contributed by atoms with Gasteiger partial charge in [0.1, 0.15) is 16.8 Å². The number of nitrogens with one attached hydrogen (secondary N) is 1. The van der Waals surface area contributed by atoms with Crippen LogP contribution in [-0.2, 0) is 21.9 Å². The van der Waals surface area contributed by atoms with E-state index in [-0.39, 0.29) is 22.3 Å². The first-order valence-corrected chi connectivity index (χ1v) is 10.9. The average molecular weight is 473 g/mol. The maximum Gasteiger partial charge on any atom is 0.306 e. The molecule has 3 heterocycles. The molecule has 1 unspecified atom stereocenters. The number of rotatable bonds is 8. The fourth-order valence-corrected chi connectivity index (χ4v) is 3.28. The Morgan fingerprint density at radius 3 is 2.55 bits per heavy atom. The molecule has 0 aromatic carbocycles. The molecule has 14 heteroatoms. The number of aryl methyl sites for hydroxylation is 1. The van der Waals surface area contributed by atoms with Gasteiger partial charge in [0.15, 0.2) is 11.6 Å². The van der Waals surface area contributed by atoms with Crippen LogP contribution in [0.5, 0.6) is 5.75 Å². The summed E-state index contributed by atoms with van der Waals surface area (Å²) in [5.41, 5.74) is 0.659. The maximum absolute atomic E-state index is 13.4. The van der Waals surface area contributed by atoms with E-state index < -0.39 is 28.5 Å². The summed E-state index contributed by atoms with van der Waals surface area (Å²) < 4.78 is 47.4. The summed E-state index contributed by atoms with van der Waals surface area (Å²) in [5.74, 6) is -0.150. The monoisotopic (exact) mass is 472 g/mol. The van der Waals surface area contributed by atoms with Crippen LogP contribution >= 0.6 is 11.6 Å². The summed E-state index contributed by atoms with van der Waals surface area (Å²) in [6.07, 6.45) is 3.37. The predicted octanol–water partition coefficient (Wildman–Crippen LogP) is 1.87. The molecule has 0 spiro atoms. The lowest BCUT2D eigenvalue weighted by Crippen LogP contribution is -2.26. The second-order valence-electron chi connectivity index (χ2n) is 6.37. The minimum Gasteiger partial charge on any atom is -0.379 e. The second kappa shape index (κ2) is 9.09. The van der Waals surface area contributed by atoms with Gasteiger partial charge in [-0.2, -0.15) is 13.5 Å². The number of anilines is 1. The molecule has 0 aliphatic heterocycles. The Labute approximate surface area is 182 Å². The smallest absolute Gasteiger partial charge is 0.306 e. The van der Waals surface area contributed by atoms with E-state index in [0.717, 1.165) is 18.5 Å². The van der Waals surface area contributed by atoms with E-state index in [0.29, 0.717) is 11.4 Å². The Kier molecular flexibility index (Phi) is 6.69. The fourth-order valence-electron chi connectivity index (χ4n) is 2.59. The first-order chi connectivity index (χ1) is 14.5. The van der Waals surface area contributed by atoms with Crippen molar-refractivity contribution in [2.75, 3.05) is 11.6 Å². The zero-order valence-corrected chi connectivity index (χ0v) is 18.1. The van der Waals surface area contributed by atoms with Crippen molar-refractivity contribution in [3.8, 4) is 17.1 Å². The second-order valence-corrected chi connectivity index (χ2v) is 8.30. The van der Waals surface area contributed by atoms with Gasteiger partial charge in [0.25, 0.3) is 0 Å². The van der Waals surface area contributed by atoms with Crippen molar-refractivity contribution < 1.29 is 26.8 Å². The van der Waals surface area contributed by atoms with E-state index in [4.69, 9.17) is 20.5 Å². The van der Waals surface area contributed by atoms with E-state index in [9.17, 15) is 17.9 Å². The van der Waals surface area contributed by atoms with Crippen LogP contribution < -0.4 is 9.50 Å². The van der Waals surface area contributed by atoms with Crippen molar-refractivity contribution in [3.05, 3.63) is 47.4 Å². The molecule has 3 aromatic rings. The van der Waals surface area contributed by atoms with E-state index in [1.807, 2.05) is 0 Å². The number of pyridine rings is 1. The van der Waals surface area contributed by atoms with Gasteiger partial charge in [-0.25, -0.2) is 19.3 Å². The molecule has 0 amide bonds. The number of hydrogen-bond acceptors (Lipinski definition) is 10. The molecular weight excluding hydrogens is 455 g/mol. The van der Waals surface area contributed by atoms with E-state index in [1.165, 1.54) is 23.3 Å². The number of nitrogens with zero attached hydrogens (tertiary/aromatic N) is 5. The van der Waals surface area contributed by atoms with Gasteiger partial charge in [0.2, 0.25) is 6.41 Å². The van der Waals surface area contributed by atoms with Gasteiger partial charge in [0, 0.05) is 12.6 Å². The molecule has 0 saturated carbocycles. The first-order valence-electron chi connectivity index (χ1n) is 8.68. The minimum atomic E-state index is -3.71. The molecule has 2 N–H and O–H groups in total. The molecule has 3 aromatic heterocycles. The van der Waals surface area contributed by atoms with Crippen LogP contribution in [0, 0.1) is 5.82 Å². The summed E-state index contributed by atoms with van der Waals surface area (Å²) in [5, 5.41) is 17.2. The molecule has 0 saturated heterocycles. The third-order valence-electron chi connectivity index (χ3n) is 3.92. The van der Waals surface area contributed by atoms with Crippen LogP contribution in [0.25, 0.3) is 11.4 Å². The number of aliphatic hydroxyl groups is 1. The fraction of sp³-hybridized carbons (Fsp3) is 0.294. The molecule has 0 fully saturated rings. The van der Waals surface area contributed by atoms with Crippen LogP contribution in [0.15, 0.2) is 30.9 Å². The summed E-state index contributed by atoms with van der Waals surface area (Å²) in [6, 6.07) is 1.16. The van der Waals surface area contributed by atoms with Crippen LogP contribution in [0.4, 0.5) is 10.2 Å². The van der Waals surface area contributed by atoms with Gasteiger partial charge >= 0.3 is 10.1 Å². The zero-order valence-electron chi connectivity index (χ0n) is 16.5. The molecule has 3 rings (SSSR count). The molecule has 0 aliphatic rings. The standard InChI is InChI=1S/C17H18ClFN6O5S/c1-9(12-4-10(19)5-20-14(12)18)29-17(26)24-16-13(8-23-25(16)2)15-21-6-11(7-22-15)30-31(3,27)28/h4-9,17,24,26H,1-3H3/t9-,17?/m1/s1. The average Bonchev–Trinajstić information content (AvgIpc) is 3.03. The molecule has 2 atom stereocenters. The highest BCUT2D eigenvalue weighted by Crippen LogP contribution is 2.28. The van der Waals surface area contributed by atoms with Crippen molar-refractivity contribution in [3.63, 3.8) is 0 Å². The first kappa shape index (κ1) is 22.8. The van der Waals surface area contributed by atoms with Gasteiger partial charge in [-0.05, 0) is 13.0 Å². The Balaban J connectivity index is 1.75. The lowest BCUT2D eigenvalue weighted by atomic mass is 10.2. The Morgan fingerprint density at radius 1 is 1.23 bits per heavy atom. The van der Waals surface area contributed by atoms with Crippen molar-refractivity contribution >= 4 is 27.5 Å². The highest BCUT2D eigenvalue weighted by atomic mass is 35.5. The number of aliphatic hydroxyl groups excluding tert-OH is 1. The van der Waals surface area contributed by atoms with E-state index in [2.05, 4.69) is 25.4 Å². The SMILES string of the molecule is C[C@@H](OC(O)Nc1c(-c2ncc(OS(C)(=O)=O)cn2)cnn1C)c1cc(F)cnc1Cl. The molecular formula is C17H18ClFN6O5S. The minimum absolute atomic E-state index is 0.0483. The highest BCUT2D eigenvalue weighted by Gasteiger charge is 2.20. The molecule has 11 nitrogen and oxygen atoms in total. The normalized spacial score (nSPS) is 13.6. The molecule has 0 bridgehead atoms. The van der Waals surface area contributed by atoms with Crippen molar-refractivity contribution in [1.82, 2.24) is 24.7 Å². The van der Waals surface area contributed by atoms with Crippen LogP contribution in [0.2, 0.25) is 5.15 Å².